The van der Waals surface area contributed by atoms with Gasteiger partial charge in [-0.3, -0.25) is 0 Å². The summed E-state index contributed by atoms with van der Waals surface area (Å²) < 4.78 is 0. The molecule has 0 bridgehead atoms. The molecule has 0 atom stereocenters. The van der Waals surface area contributed by atoms with E-state index < -0.39 is 5.97 Å². The maximum absolute atomic E-state index is 10.9. The molecule has 0 amide bonds. The van der Waals surface area contributed by atoms with Gasteiger partial charge in [-0.2, -0.15) is 0 Å². The number of nitrogens with one attached hydrogen (secondary N) is 1. The van der Waals surface area contributed by atoms with Gasteiger partial charge in [0.15, 0.2) is 0 Å². The molecule has 92 valence electrons. The quantitative estimate of drug-likeness (QED) is 0.886. The zero-order chi connectivity index (χ0) is 13.0. The summed E-state index contributed by atoms with van der Waals surface area (Å²) in [5.74, 6) is -0.762. The fourth-order valence-corrected chi connectivity index (χ4v) is 1.54. The third kappa shape index (κ3) is 2.95. The van der Waals surface area contributed by atoms with Crippen molar-refractivity contribution in [3.05, 3.63) is 52.9 Å². The number of anilines is 1. The van der Waals surface area contributed by atoms with Crippen LogP contribution in [0.15, 0.2) is 36.8 Å². The Hall–Kier alpha value is -2.14. The zero-order valence-corrected chi connectivity index (χ0v) is 10.1. The maximum Gasteiger partial charge on any atom is 0.341 e. The fourth-order valence-electron chi connectivity index (χ4n) is 1.42. The maximum atomic E-state index is 10.9. The lowest BCUT2D eigenvalue weighted by Gasteiger charge is -2.07. The molecule has 6 heteroatoms. The van der Waals surface area contributed by atoms with Crippen LogP contribution in [0.25, 0.3) is 0 Å². The first-order valence-electron chi connectivity index (χ1n) is 5.18. The Morgan fingerprint density at radius 3 is 2.72 bits per heavy atom. The SMILES string of the molecule is O=C(O)c1cncnc1NCc1ccc(Cl)cc1. The Bertz CT molecular complexity index is 558. The predicted octanol–water partition coefficient (Wildman–Crippen LogP) is 2.44. The van der Waals surface area contributed by atoms with E-state index in [4.69, 9.17) is 16.7 Å². The van der Waals surface area contributed by atoms with Crippen LogP contribution in [-0.4, -0.2) is 21.0 Å². The van der Waals surface area contributed by atoms with Crippen molar-refractivity contribution in [2.75, 3.05) is 5.32 Å². The average molecular weight is 264 g/mol. The summed E-state index contributed by atoms with van der Waals surface area (Å²) in [4.78, 5) is 18.5. The van der Waals surface area contributed by atoms with Gasteiger partial charge in [0.25, 0.3) is 0 Å². The number of hydrogen-bond donors (Lipinski definition) is 2. The standard InChI is InChI=1S/C12H10ClN3O2/c13-9-3-1-8(2-4-9)5-15-11-10(12(17)18)6-14-7-16-11/h1-4,6-7H,5H2,(H,17,18)(H,14,15,16). The second-order valence-corrected chi connectivity index (χ2v) is 4.01. The summed E-state index contributed by atoms with van der Waals surface area (Å²) in [5.41, 5.74) is 1.03. The summed E-state index contributed by atoms with van der Waals surface area (Å²) in [5, 5.41) is 12.6. The Morgan fingerprint density at radius 1 is 1.33 bits per heavy atom. The van der Waals surface area contributed by atoms with E-state index in [1.54, 1.807) is 12.1 Å². The summed E-state index contributed by atoms with van der Waals surface area (Å²) in [6.07, 6.45) is 2.57. The van der Waals surface area contributed by atoms with Crippen LogP contribution in [0.1, 0.15) is 15.9 Å². The van der Waals surface area contributed by atoms with Gasteiger partial charge in [-0.25, -0.2) is 14.8 Å². The van der Waals surface area contributed by atoms with Gasteiger partial charge in [0.1, 0.15) is 17.7 Å². The third-order valence-corrected chi connectivity index (χ3v) is 2.57. The minimum absolute atomic E-state index is 0.0477. The largest absolute Gasteiger partial charge is 0.477 e. The summed E-state index contributed by atoms with van der Waals surface area (Å²) in [6, 6.07) is 7.27. The summed E-state index contributed by atoms with van der Waals surface area (Å²) in [7, 11) is 0. The number of halogens is 1. The first-order valence-corrected chi connectivity index (χ1v) is 5.56. The van der Waals surface area contributed by atoms with E-state index in [1.165, 1.54) is 12.5 Å². The molecule has 0 aliphatic heterocycles. The molecule has 1 aromatic carbocycles. The second kappa shape index (κ2) is 5.46. The van der Waals surface area contributed by atoms with Crippen LogP contribution < -0.4 is 5.32 Å². The highest BCUT2D eigenvalue weighted by Crippen LogP contribution is 2.13. The Labute approximate surface area is 108 Å². The number of aromatic nitrogens is 2. The zero-order valence-electron chi connectivity index (χ0n) is 9.30. The molecule has 0 saturated carbocycles. The number of rotatable bonds is 4. The molecule has 1 aromatic heterocycles. The molecule has 1 heterocycles. The van der Waals surface area contributed by atoms with E-state index in [0.29, 0.717) is 17.4 Å². The monoisotopic (exact) mass is 263 g/mol. The van der Waals surface area contributed by atoms with Gasteiger partial charge in [-0.1, -0.05) is 23.7 Å². The van der Waals surface area contributed by atoms with Crippen molar-refractivity contribution in [1.82, 2.24) is 9.97 Å². The molecule has 0 radical (unpaired) electrons. The van der Waals surface area contributed by atoms with Crippen molar-refractivity contribution in [3.8, 4) is 0 Å². The van der Waals surface area contributed by atoms with Crippen LogP contribution in [-0.2, 0) is 6.54 Å². The summed E-state index contributed by atoms with van der Waals surface area (Å²) >= 11 is 5.78. The molecule has 0 unspecified atom stereocenters. The van der Waals surface area contributed by atoms with Crippen LogP contribution in [0.3, 0.4) is 0 Å². The molecule has 0 spiro atoms. The minimum atomic E-state index is -1.06. The Balaban J connectivity index is 2.10. The first-order chi connectivity index (χ1) is 8.66. The van der Waals surface area contributed by atoms with Crippen LogP contribution in [0.2, 0.25) is 5.02 Å². The van der Waals surface area contributed by atoms with Gasteiger partial charge in [0.05, 0.1) is 0 Å². The van der Waals surface area contributed by atoms with E-state index >= 15 is 0 Å². The van der Waals surface area contributed by atoms with Crippen molar-refractivity contribution in [1.29, 1.82) is 0 Å². The smallest absolute Gasteiger partial charge is 0.341 e. The van der Waals surface area contributed by atoms with E-state index in [2.05, 4.69) is 15.3 Å². The van der Waals surface area contributed by atoms with Crippen molar-refractivity contribution in [2.24, 2.45) is 0 Å². The molecule has 0 aliphatic carbocycles. The van der Waals surface area contributed by atoms with E-state index in [0.717, 1.165) is 5.56 Å². The lowest BCUT2D eigenvalue weighted by atomic mass is 10.2. The molecule has 18 heavy (non-hydrogen) atoms. The van der Waals surface area contributed by atoms with Crippen LogP contribution in [0.4, 0.5) is 5.82 Å². The number of aromatic carboxylic acids is 1. The second-order valence-electron chi connectivity index (χ2n) is 3.57. The normalized spacial score (nSPS) is 10.1. The highest BCUT2D eigenvalue weighted by molar-refractivity contribution is 6.30. The first kappa shape index (κ1) is 12.3. The Morgan fingerprint density at radius 2 is 2.06 bits per heavy atom. The minimum Gasteiger partial charge on any atom is -0.477 e. The lowest BCUT2D eigenvalue weighted by molar-refractivity contribution is 0.0697. The Kier molecular flexibility index (Phi) is 3.74. The van der Waals surface area contributed by atoms with E-state index in [1.807, 2.05) is 12.1 Å². The average Bonchev–Trinajstić information content (AvgIpc) is 2.38. The lowest BCUT2D eigenvalue weighted by Crippen LogP contribution is -2.08. The van der Waals surface area contributed by atoms with Gasteiger partial charge in [-0.05, 0) is 17.7 Å². The van der Waals surface area contributed by atoms with Crippen molar-refractivity contribution in [3.63, 3.8) is 0 Å². The van der Waals surface area contributed by atoms with Crippen LogP contribution in [0, 0.1) is 0 Å². The molecule has 0 aliphatic rings. The number of carboxylic acid groups (broad SMARTS) is 1. The number of hydrogen-bond acceptors (Lipinski definition) is 4. The van der Waals surface area contributed by atoms with Gasteiger partial charge in [0, 0.05) is 17.8 Å². The van der Waals surface area contributed by atoms with Crippen molar-refractivity contribution < 1.29 is 9.90 Å². The molecule has 2 aromatic rings. The highest BCUT2D eigenvalue weighted by Gasteiger charge is 2.10. The number of benzene rings is 1. The van der Waals surface area contributed by atoms with Gasteiger partial charge >= 0.3 is 5.97 Å². The predicted molar refractivity (Wildman–Crippen MR) is 67.8 cm³/mol. The fraction of sp³-hybridized carbons (Fsp3) is 0.0833. The van der Waals surface area contributed by atoms with Gasteiger partial charge in [-0.15, -0.1) is 0 Å². The van der Waals surface area contributed by atoms with Crippen molar-refractivity contribution >= 4 is 23.4 Å². The number of nitrogens with zero attached hydrogens (tertiary/aromatic N) is 2. The molecule has 2 N–H and O–H groups in total. The molecule has 5 nitrogen and oxygen atoms in total. The molecular weight excluding hydrogens is 254 g/mol. The highest BCUT2D eigenvalue weighted by atomic mass is 35.5. The van der Waals surface area contributed by atoms with E-state index in [-0.39, 0.29) is 5.56 Å². The number of carboxylic acids is 1. The third-order valence-electron chi connectivity index (χ3n) is 2.32. The van der Waals surface area contributed by atoms with Gasteiger partial charge in [0.2, 0.25) is 0 Å². The number of carbonyl (C=O) groups is 1. The van der Waals surface area contributed by atoms with Crippen molar-refractivity contribution in [2.45, 2.75) is 6.54 Å². The van der Waals surface area contributed by atoms with E-state index in [9.17, 15) is 4.79 Å². The molecule has 0 saturated heterocycles. The molecule has 0 fully saturated rings. The van der Waals surface area contributed by atoms with Crippen LogP contribution in [0.5, 0.6) is 0 Å². The summed E-state index contributed by atoms with van der Waals surface area (Å²) in [6.45, 7) is 0.467. The van der Waals surface area contributed by atoms with Gasteiger partial charge < -0.3 is 10.4 Å². The molecular formula is C12H10ClN3O2. The topological polar surface area (TPSA) is 75.1 Å². The van der Waals surface area contributed by atoms with Crippen LogP contribution >= 0.6 is 11.6 Å². The molecule has 2 rings (SSSR count).